The minimum absolute atomic E-state index is 0.148. The summed E-state index contributed by atoms with van der Waals surface area (Å²) in [6.45, 7) is 6.24. The third-order valence-electron chi connectivity index (χ3n) is 6.34. The second kappa shape index (κ2) is 13.8. The van der Waals surface area contributed by atoms with Crippen molar-refractivity contribution in [1.82, 2.24) is 0 Å². The number of aryl methyl sites for hydroxylation is 2. The lowest BCUT2D eigenvalue weighted by Gasteiger charge is -2.35. The molecule has 35 heavy (non-hydrogen) atoms. The van der Waals surface area contributed by atoms with Gasteiger partial charge in [0.1, 0.15) is 5.75 Å². The zero-order chi connectivity index (χ0) is 25.1. The van der Waals surface area contributed by atoms with Crippen molar-refractivity contribution in [3.63, 3.8) is 0 Å². The van der Waals surface area contributed by atoms with Crippen LogP contribution in [0, 0.1) is 13.8 Å². The molecule has 0 amide bonds. The molecular formula is C31H39ClO2S. The number of ether oxygens (including phenoxy) is 1. The molecule has 0 aliphatic rings. The predicted octanol–water partition coefficient (Wildman–Crippen LogP) is 10.2. The summed E-state index contributed by atoms with van der Waals surface area (Å²) in [5, 5.41) is 0. The highest BCUT2D eigenvalue weighted by Crippen LogP contribution is 2.72. The van der Waals surface area contributed by atoms with E-state index in [4.69, 9.17) is 15.4 Å². The fourth-order valence-electron chi connectivity index (χ4n) is 4.43. The molecule has 0 saturated carbocycles. The lowest BCUT2D eigenvalue weighted by Crippen LogP contribution is -2.10. The average molecular weight is 511 g/mol. The molecule has 0 atom stereocenters. The number of rotatable bonds is 13. The highest BCUT2D eigenvalue weighted by atomic mass is 35.7. The van der Waals surface area contributed by atoms with Gasteiger partial charge in [-0.3, -0.25) is 4.79 Å². The number of esters is 1. The summed E-state index contributed by atoms with van der Waals surface area (Å²) in [7, 11) is 5.57. The van der Waals surface area contributed by atoms with Gasteiger partial charge in [-0.1, -0.05) is 108 Å². The van der Waals surface area contributed by atoms with Crippen molar-refractivity contribution in [2.45, 2.75) is 93.2 Å². The third kappa shape index (κ3) is 7.38. The van der Waals surface area contributed by atoms with Gasteiger partial charge in [-0.15, -0.1) is 0 Å². The van der Waals surface area contributed by atoms with E-state index < -0.39 is 9.24 Å². The van der Waals surface area contributed by atoms with Gasteiger partial charge in [-0.05, 0) is 67.8 Å². The second-order valence-corrected chi connectivity index (χ2v) is 13.1. The van der Waals surface area contributed by atoms with E-state index in [0.29, 0.717) is 12.2 Å². The normalized spacial score (nSPS) is 11.9. The zero-order valence-corrected chi connectivity index (χ0v) is 23.0. The van der Waals surface area contributed by atoms with Crippen LogP contribution in [0.15, 0.2) is 87.5 Å². The number of hydrogen-bond acceptors (Lipinski definition) is 2. The Morgan fingerprint density at radius 2 is 1.17 bits per heavy atom. The summed E-state index contributed by atoms with van der Waals surface area (Å²) in [6, 6.07) is 24.7. The van der Waals surface area contributed by atoms with Crippen LogP contribution in [0.5, 0.6) is 5.75 Å². The Balaban J connectivity index is 1.71. The van der Waals surface area contributed by atoms with Crippen LogP contribution in [0.3, 0.4) is 0 Å². The lowest BCUT2D eigenvalue weighted by atomic mass is 10.1. The molecule has 0 unspecified atom stereocenters. The molecule has 0 radical (unpaired) electrons. The smallest absolute Gasteiger partial charge is 0.311 e. The van der Waals surface area contributed by atoms with E-state index in [2.05, 4.69) is 43.3 Å². The van der Waals surface area contributed by atoms with Crippen LogP contribution in [0.1, 0.15) is 75.8 Å². The number of halogens is 1. The highest BCUT2D eigenvalue weighted by molar-refractivity contribution is 8.51. The van der Waals surface area contributed by atoms with Gasteiger partial charge in [-0.25, -0.2) is 0 Å². The van der Waals surface area contributed by atoms with Crippen LogP contribution in [0.25, 0.3) is 0 Å². The van der Waals surface area contributed by atoms with E-state index in [0.717, 1.165) is 38.7 Å². The summed E-state index contributed by atoms with van der Waals surface area (Å²) >= 11 is 0. The van der Waals surface area contributed by atoms with Crippen LogP contribution in [-0.2, 0) is 4.79 Å². The molecule has 0 N–H and O–H groups in total. The average Bonchev–Trinajstić information content (AvgIpc) is 2.88. The topological polar surface area (TPSA) is 26.3 Å². The molecule has 0 aliphatic carbocycles. The van der Waals surface area contributed by atoms with Crippen LogP contribution >= 0.6 is 19.9 Å². The molecule has 0 heterocycles. The third-order valence-corrected chi connectivity index (χ3v) is 10.7. The molecule has 0 spiro atoms. The molecule has 2 nitrogen and oxygen atoms in total. The Kier molecular flexibility index (Phi) is 10.7. The van der Waals surface area contributed by atoms with Gasteiger partial charge < -0.3 is 4.74 Å². The van der Waals surface area contributed by atoms with Gasteiger partial charge in [0.05, 0.1) is 0 Å². The van der Waals surface area contributed by atoms with Gasteiger partial charge in [0.15, 0.2) is 0 Å². The van der Waals surface area contributed by atoms with E-state index in [1.165, 1.54) is 38.5 Å². The molecular weight excluding hydrogens is 472 g/mol. The summed E-state index contributed by atoms with van der Waals surface area (Å²) in [5.74, 6) is 0.517. The van der Waals surface area contributed by atoms with Crippen LogP contribution in [0.4, 0.5) is 0 Å². The molecule has 3 aromatic rings. The van der Waals surface area contributed by atoms with E-state index in [1.54, 1.807) is 0 Å². The van der Waals surface area contributed by atoms with Gasteiger partial charge >= 0.3 is 5.97 Å². The molecule has 3 rings (SSSR count). The maximum atomic E-state index is 12.6. The fourth-order valence-corrected chi connectivity index (χ4v) is 7.87. The Morgan fingerprint density at radius 3 is 1.66 bits per heavy atom. The maximum absolute atomic E-state index is 12.6. The first-order valence-electron chi connectivity index (χ1n) is 12.9. The van der Waals surface area contributed by atoms with Crippen molar-refractivity contribution in [2.24, 2.45) is 0 Å². The molecule has 0 fully saturated rings. The number of carbonyl (C=O) groups excluding carboxylic acids is 1. The summed E-state index contributed by atoms with van der Waals surface area (Å²) in [5.41, 5.74) is 1.88. The van der Waals surface area contributed by atoms with Crippen molar-refractivity contribution in [1.29, 1.82) is 0 Å². The monoisotopic (exact) mass is 510 g/mol. The van der Waals surface area contributed by atoms with Crippen LogP contribution < -0.4 is 4.74 Å². The van der Waals surface area contributed by atoms with Gasteiger partial charge in [-0.2, -0.15) is 0 Å². The first-order chi connectivity index (χ1) is 17.0. The largest absolute Gasteiger partial charge is 0.426 e. The van der Waals surface area contributed by atoms with Gasteiger partial charge in [0.2, 0.25) is 0 Å². The highest BCUT2D eigenvalue weighted by Gasteiger charge is 2.30. The first kappa shape index (κ1) is 27.4. The molecule has 0 saturated heterocycles. The minimum Gasteiger partial charge on any atom is -0.426 e. The second-order valence-electron chi connectivity index (χ2n) is 9.25. The zero-order valence-electron chi connectivity index (χ0n) is 21.4. The predicted molar refractivity (Wildman–Crippen MR) is 150 cm³/mol. The number of benzene rings is 3. The molecule has 4 heteroatoms. The van der Waals surface area contributed by atoms with Crippen LogP contribution in [-0.4, -0.2) is 5.97 Å². The minimum atomic E-state index is -1.96. The molecule has 0 bridgehead atoms. The Morgan fingerprint density at radius 1 is 0.714 bits per heavy atom. The lowest BCUT2D eigenvalue weighted by molar-refractivity contribution is -0.134. The van der Waals surface area contributed by atoms with Crippen molar-refractivity contribution in [3.05, 3.63) is 83.9 Å². The van der Waals surface area contributed by atoms with Gasteiger partial charge in [0.25, 0.3) is 0 Å². The van der Waals surface area contributed by atoms with Gasteiger partial charge in [0, 0.05) is 21.1 Å². The SMILES string of the molecule is CCCCCCCCCCC(=O)Oc1c(C)cc(S(Cl)(c2ccccc2)c2ccccc2)cc1C. The van der Waals surface area contributed by atoms with E-state index >= 15 is 0 Å². The van der Waals surface area contributed by atoms with Crippen molar-refractivity contribution >= 4 is 25.9 Å². The van der Waals surface area contributed by atoms with Crippen molar-refractivity contribution in [2.75, 3.05) is 0 Å². The standard InChI is InChI=1S/C31H39ClO2S/c1-4-5-6-7-8-9-10-17-22-30(33)34-31-25(2)23-29(24-26(31)3)35(32,27-18-13-11-14-19-27)28-20-15-12-16-21-28/h11-16,18-21,23-24H,4-10,17,22H2,1-3H3. The fraction of sp³-hybridized carbons (Fsp3) is 0.387. The first-order valence-corrected chi connectivity index (χ1v) is 15.4. The summed E-state index contributed by atoms with van der Waals surface area (Å²) in [6.07, 6.45) is 10.1. The Labute approximate surface area is 217 Å². The van der Waals surface area contributed by atoms with Crippen molar-refractivity contribution in [3.8, 4) is 5.75 Å². The summed E-state index contributed by atoms with van der Waals surface area (Å²) < 4.78 is 5.84. The molecule has 3 aromatic carbocycles. The number of carbonyl (C=O) groups is 1. The quantitative estimate of drug-likeness (QED) is 0.130. The van der Waals surface area contributed by atoms with E-state index in [1.807, 2.05) is 50.2 Å². The van der Waals surface area contributed by atoms with E-state index in [9.17, 15) is 4.79 Å². The number of unbranched alkanes of at least 4 members (excludes halogenated alkanes) is 7. The van der Waals surface area contributed by atoms with Crippen molar-refractivity contribution < 1.29 is 9.53 Å². The maximum Gasteiger partial charge on any atom is 0.311 e. The Bertz CT molecular complexity index is 1000. The molecule has 0 aliphatic heterocycles. The number of hydrogen-bond donors (Lipinski definition) is 0. The Hall–Kier alpha value is -2.23. The molecule has 188 valence electrons. The summed E-state index contributed by atoms with van der Waals surface area (Å²) in [4.78, 5) is 15.8. The van der Waals surface area contributed by atoms with Crippen LogP contribution in [0.2, 0.25) is 0 Å². The van der Waals surface area contributed by atoms with E-state index in [-0.39, 0.29) is 5.97 Å². The molecule has 0 aromatic heterocycles.